The van der Waals surface area contributed by atoms with Crippen LogP contribution in [-0.4, -0.2) is 0 Å². The van der Waals surface area contributed by atoms with Crippen molar-refractivity contribution in [1.29, 1.82) is 0 Å². The highest BCUT2D eigenvalue weighted by Gasteiger charge is 2.36. The maximum atomic E-state index is 5.68. The van der Waals surface area contributed by atoms with E-state index in [2.05, 4.69) is 45.9 Å². The predicted molar refractivity (Wildman–Crippen MR) is 87.4 cm³/mol. The average molecular weight is 315 g/mol. The van der Waals surface area contributed by atoms with Crippen LogP contribution in [0.1, 0.15) is 51.7 Å². The number of benzene rings is 1. The second-order valence-corrected chi connectivity index (χ2v) is 8.45. The van der Waals surface area contributed by atoms with E-state index in [1.54, 1.807) is 17.2 Å². The van der Waals surface area contributed by atoms with E-state index in [0.717, 1.165) is 0 Å². The van der Waals surface area contributed by atoms with Gasteiger partial charge in [-0.15, -0.1) is 0 Å². The fraction of sp³-hybridized carbons (Fsp3) is 0.500. The van der Waals surface area contributed by atoms with Gasteiger partial charge in [-0.1, -0.05) is 68.7 Å². The molecule has 1 aliphatic carbocycles. The van der Waals surface area contributed by atoms with Gasteiger partial charge in [0.2, 0.25) is 0 Å². The minimum absolute atomic E-state index is 0.246. The van der Waals surface area contributed by atoms with E-state index >= 15 is 0 Å². The highest BCUT2D eigenvalue weighted by atomic mass is 35.5. The predicted octanol–water partition coefficient (Wildman–Crippen LogP) is 6.40. The maximum Gasteiger partial charge on any atom is 0.113 e. The summed E-state index contributed by atoms with van der Waals surface area (Å²) in [5.41, 5.74) is 3.46. The molecule has 0 bridgehead atoms. The molecule has 0 unspecified atom stereocenters. The van der Waals surface area contributed by atoms with Gasteiger partial charge in [-0.05, 0) is 46.9 Å². The SMILES string of the molecule is CC1(C)CCC(C)(C)c2cc(SC=C(Cl)Cl)ccc21. The molecule has 0 nitrogen and oxygen atoms in total. The first-order valence-corrected chi connectivity index (χ1v) is 8.19. The molecule has 1 aromatic carbocycles. The van der Waals surface area contributed by atoms with Gasteiger partial charge in [0.25, 0.3) is 0 Å². The fourth-order valence-corrected chi connectivity index (χ4v) is 3.58. The van der Waals surface area contributed by atoms with Gasteiger partial charge in [0, 0.05) is 10.3 Å². The van der Waals surface area contributed by atoms with Crippen molar-refractivity contribution >= 4 is 35.0 Å². The summed E-state index contributed by atoms with van der Waals surface area (Å²) in [5.74, 6) is 0. The molecule has 0 spiro atoms. The summed E-state index contributed by atoms with van der Waals surface area (Å²) in [7, 11) is 0. The van der Waals surface area contributed by atoms with Crippen LogP contribution in [-0.2, 0) is 10.8 Å². The first kappa shape index (κ1) is 15.3. The molecule has 0 heterocycles. The highest BCUT2D eigenvalue weighted by Crippen LogP contribution is 2.46. The van der Waals surface area contributed by atoms with Gasteiger partial charge < -0.3 is 0 Å². The largest absolute Gasteiger partial charge is 0.113 e. The first-order valence-electron chi connectivity index (χ1n) is 6.55. The van der Waals surface area contributed by atoms with E-state index in [4.69, 9.17) is 23.2 Å². The molecule has 0 saturated carbocycles. The third-order valence-corrected chi connectivity index (χ3v) is 5.47. The standard InChI is InChI=1S/C16H20Cl2S/c1-15(2)7-8-16(3,4)13-9-11(5-6-12(13)15)19-10-14(17)18/h5-6,9-10H,7-8H2,1-4H3. The summed E-state index contributed by atoms with van der Waals surface area (Å²) in [6.45, 7) is 9.34. The third kappa shape index (κ3) is 3.32. The Labute approximate surface area is 130 Å². The normalized spacial score (nSPS) is 19.7. The smallest absolute Gasteiger partial charge is 0.0956 e. The Kier molecular flexibility index (Phi) is 4.30. The quantitative estimate of drug-likeness (QED) is 0.569. The fourth-order valence-electron chi connectivity index (χ4n) is 2.75. The Hall–Kier alpha value is -0.110. The van der Waals surface area contributed by atoms with Crippen molar-refractivity contribution < 1.29 is 0 Å². The summed E-state index contributed by atoms with van der Waals surface area (Å²) in [4.78, 5) is 1.20. The minimum Gasteiger partial charge on any atom is -0.0956 e. The molecule has 0 atom stereocenters. The summed E-state index contributed by atoms with van der Waals surface area (Å²) in [6.07, 6.45) is 2.47. The van der Waals surface area contributed by atoms with Crippen molar-refractivity contribution in [3.05, 3.63) is 39.2 Å². The van der Waals surface area contributed by atoms with Gasteiger partial charge >= 0.3 is 0 Å². The van der Waals surface area contributed by atoms with Crippen molar-refractivity contribution in [3.63, 3.8) is 0 Å². The Morgan fingerprint density at radius 2 is 1.63 bits per heavy atom. The number of thioether (sulfide) groups is 1. The lowest BCUT2D eigenvalue weighted by atomic mass is 9.63. The molecule has 0 amide bonds. The Balaban J connectivity index is 2.44. The van der Waals surface area contributed by atoms with Gasteiger partial charge in [0.1, 0.15) is 4.49 Å². The summed E-state index contributed by atoms with van der Waals surface area (Å²) in [6, 6.07) is 6.74. The molecule has 2 rings (SSSR count). The molecule has 0 saturated heterocycles. The van der Waals surface area contributed by atoms with E-state index in [-0.39, 0.29) is 10.8 Å². The van der Waals surface area contributed by atoms with Crippen LogP contribution < -0.4 is 0 Å². The number of hydrogen-bond donors (Lipinski definition) is 0. The van der Waals surface area contributed by atoms with Gasteiger partial charge in [0.15, 0.2) is 0 Å². The molecule has 1 aromatic rings. The van der Waals surface area contributed by atoms with Crippen LogP contribution in [0, 0.1) is 0 Å². The van der Waals surface area contributed by atoms with Crippen LogP contribution in [0.5, 0.6) is 0 Å². The molecule has 0 N–H and O–H groups in total. The maximum absolute atomic E-state index is 5.68. The van der Waals surface area contributed by atoms with Gasteiger partial charge in [-0.25, -0.2) is 0 Å². The minimum atomic E-state index is 0.246. The van der Waals surface area contributed by atoms with Crippen molar-refractivity contribution in [2.75, 3.05) is 0 Å². The molecule has 19 heavy (non-hydrogen) atoms. The molecule has 0 aromatic heterocycles. The van der Waals surface area contributed by atoms with Crippen LogP contribution >= 0.6 is 35.0 Å². The Morgan fingerprint density at radius 1 is 1.05 bits per heavy atom. The van der Waals surface area contributed by atoms with E-state index in [1.165, 1.54) is 28.9 Å². The van der Waals surface area contributed by atoms with E-state index in [1.807, 2.05) is 0 Å². The second-order valence-electron chi connectivity index (χ2n) is 6.50. The molecular weight excluding hydrogens is 295 g/mol. The van der Waals surface area contributed by atoms with Crippen LogP contribution in [0.2, 0.25) is 0 Å². The van der Waals surface area contributed by atoms with Crippen LogP contribution in [0.3, 0.4) is 0 Å². The van der Waals surface area contributed by atoms with Crippen molar-refractivity contribution in [2.45, 2.75) is 56.3 Å². The van der Waals surface area contributed by atoms with Crippen molar-refractivity contribution in [2.24, 2.45) is 0 Å². The zero-order chi connectivity index (χ0) is 14.3. The molecule has 104 valence electrons. The zero-order valence-corrected chi connectivity index (χ0v) is 14.2. The van der Waals surface area contributed by atoms with Crippen LogP contribution in [0.15, 0.2) is 33.0 Å². The molecule has 0 aliphatic heterocycles. The summed E-state index contributed by atoms with van der Waals surface area (Å²) >= 11 is 12.9. The number of rotatable bonds is 2. The number of fused-ring (bicyclic) bond motifs is 1. The topological polar surface area (TPSA) is 0 Å². The van der Waals surface area contributed by atoms with Gasteiger partial charge in [0.05, 0.1) is 0 Å². The van der Waals surface area contributed by atoms with Crippen molar-refractivity contribution in [1.82, 2.24) is 0 Å². The monoisotopic (exact) mass is 314 g/mol. The summed E-state index contributed by atoms with van der Waals surface area (Å²) < 4.78 is 0.308. The van der Waals surface area contributed by atoms with Gasteiger partial charge in [-0.2, -0.15) is 0 Å². The molecular formula is C16H20Cl2S. The van der Waals surface area contributed by atoms with E-state index in [0.29, 0.717) is 4.49 Å². The molecule has 0 fully saturated rings. The molecule has 0 radical (unpaired) electrons. The second kappa shape index (κ2) is 5.35. The number of halogens is 2. The average Bonchev–Trinajstić information content (AvgIpc) is 2.32. The Bertz CT molecular complexity index is 511. The molecule has 3 heteroatoms. The lowest BCUT2D eigenvalue weighted by Gasteiger charge is -2.42. The van der Waals surface area contributed by atoms with E-state index < -0.39 is 0 Å². The van der Waals surface area contributed by atoms with Gasteiger partial charge in [-0.3, -0.25) is 0 Å². The summed E-state index contributed by atoms with van der Waals surface area (Å²) in [5, 5.41) is 1.77. The lowest BCUT2D eigenvalue weighted by molar-refractivity contribution is 0.331. The lowest BCUT2D eigenvalue weighted by Crippen LogP contribution is -2.33. The first-order chi connectivity index (χ1) is 8.72. The number of hydrogen-bond acceptors (Lipinski definition) is 1. The van der Waals surface area contributed by atoms with Crippen LogP contribution in [0.4, 0.5) is 0 Å². The molecule has 1 aliphatic rings. The third-order valence-electron chi connectivity index (χ3n) is 4.11. The zero-order valence-electron chi connectivity index (χ0n) is 11.9. The van der Waals surface area contributed by atoms with Crippen LogP contribution in [0.25, 0.3) is 0 Å². The Morgan fingerprint density at radius 3 is 2.21 bits per heavy atom. The highest BCUT2D eigenvalue weighted by molar-refractivity contribution is 8.02. The van der Waals surface area contributed by atoms with Crippen molar-refractivity contribution in [3.8, 4) is 0 Å². The van der Waals surface area contributed by atoms with E-state index in [9.17, 15) is 0 Å².